The molecule has 0 aromatic heterocycles. The van der Waals surface area contributed by atoms with Crippen molar-refractivity contribution in [3.05, 3.63) is 24.3 Å². The van der Waals surface area contributed by atoms with Gasteiger partial charge in [-0.15, -0.1) is 0 Å². The van der Waals surface area contributed by atoms with Crippen LogP contribution in [0.3, 0.4) is 0 Å². The molecule has 0 fully saturated rings. The number of hydrogen-bond acceptors (Lipinski definition) is 4. The van der Waals surface area contributed by atoms with E-state index in [1.54, 1.807) is 24.3 Å². The maximum absolute atomic E-state index is 11.8. The molecule has 2 rings (SSSR count). The van der Waals surface area contributed by atoms with E-state index in [0.717, 1.165) is 5.01 Å². The summed E-state index contributed by atoms with van der Waals surface area (Å²) in [6.45, 7) is 2.44. The Morgan fingerprint density at radius 3 is 2.63 bits per heavy atom. The van der Waals surface area contributed by atoms with E-state index in [-0.39, 0.29) is 24.5 Å². The van der Waals surface area contributed by atoms with Crippen molar-refractivity contribution >= 4 is 23.3 Å². The quantitative estimate of drug-likeness (QED) is 0.894. The largest absolute Gasteiger partial charge is 0.494 e. The summed E-state index contributed by atoms with van der Waals surface area (Å²) < 4.78 is 5.30. The van der Waals surface area contributed by atoms with Gasteiger partial charge in [-0.1, -0.05) is 0 Å². The second kappa shape index (κ2) is 5.51. The fourth-order valence-corrected chi connectivity index (χ4v) is 1.76. The lowest BCUT2D eigenvalue weighted by Gasteiger charge is -2.22. The van der Waals surface area contributed by atoms with E-state index >= 15 is 0 Å². The maximum atomic E-state index is 11.8. The molecule has 1 aromatic rings. The normalized spacial score (nSPS) is 15.1. The molecule has 0 radical (unpaired) electrons. The van der Waals surface area contributed by atoms with Crippen LogP contribution in [0.25, 0.3) is 0 Å². The van der Waals surface area contributed by atoms with Gasteiger partial charge in [0.05, 0.1) is 12.3 Å². The third-order valence-electron chi connectivity index (χ3n) is 2.67. The van der Waals surface area contributed by atoms with Crippen LogP contribution in [0.1, 0.15) is 19.8 Å². The number of carboxylic acids is 1. The van der Waals surface area contributed by atoms with E-state index < -0.39 is 5.97 Å². The van der Waals surface area contributed by atoms with Gasteiger partial charge in [0.25, 0.3) is 0 Å². The lowest BCUT2D eigenvalue weighted by atomic mass is 10.1. The first-order valence-electron chi connectivity index (χ1n) is 5.98. The molecule has 0 atom stereocenters. The van der Waals surface area contributed by atoms with Crippen LogP contribution in [0.15, 0.2) is 29.4 Å². The average molecular weight is 262 g/mol. The Morgan fingerprint density at radius 2 is 2.05 bits per heavy atom. The highest BCUT2D eigenvalue weighted by Gasteiger charge is 2.25. The van der Waals surface area contributed by atoms with Crippen LogP contribution in [-0.2, 0) is 9.59 Å². The van der Waals surface area contributed by atoms with Crippen LogP contribution in [0.5, 0.6) is 5.75 Å². The predicted octanol–water partition coefficient (Wildman–Crippen LogP) is 1.65. The van der Waals surface area contributed by atoms with Crippen molar-refractivity contribution in [2.75, 3.05) is 11.6 Å². The topological polar surface area (TPSA) is 79.2 Å². The second-order valence-corrected chi connectivity index (χ2v) is 3.98. The molecule has 19 heavy (non-hydrogen) atoms. The summed E-state index contributed by atoms with van der Waals surface area (Å²) in [6, 6.07) is 6.79. The number of benzene rings is 1. The third kappa shape index (κ3) is 2.90. The molecule has 0 bridgehead atoms. The van der Waals surface area contributed by atoms with Crippen LogP contribution in [0.4, 0.5) is 5.69 Å². The number of ether oxygens (including phenoxy) is 1. The molecule has 0 spiro atoms. The lowest BCUT2D eigenvalue weighted by Crippen LogP contribution is -2.34. The van der Waals surface area contributed by atoms with Gasteiger partial charge < -0.3 is 9.84 Å². The monoisotopic (exact) mass is 262 g/mol. The summed E-state index contributed by atoms with van der Waals surface area (Å²) in [5, 5.41) is 13.9. The highest BCUT2D eigenvalue weighted by Crippen LogP contribution is 2.23. The molecule has 0 saturated heterocycles. The smallest absolute Gasteiger partial charge is 0.352 e. The number of aliphatic carboxylic acids is 1. The minimum atomic E-state index is -1.09. The zero-order chi connectivity index (χ0) is 13.8. The van der Waals surface area contributed by atoms with E-state index in [2.05, 4.69) is 5.10 Å². The lowest BCUT2D eigenvalue weighted by molar-refractivity contribution is -0.129. The van der Waals surface area contributed by atoms with Crippen molar-refractivity contribution in [2.24, 2.45) is 5.10 Å². The fraction of sp³-hybridized carbons (Fsp3) is 0.308. The summed E-state index contributed by atoms with van der Waals surface area (Å²) in [5.41, 5.74) is 0.528. The Kier molecular flexibility index (Phi) is 3.79. The Bertz CT molecular complexity index is 522. The van der Waals surface area contributed by atoms with Crippen molar-refractivity contribution in [1.82, 2.24) is 0 Å². The second-order valence-electron chi connectivity index (χ2n) is 3.98. The first kappa shape index (κ1) is 13.1. The number of carboxylic acid groups (broad SMARTS) is 1. The van der Waals surface area contributed by atoms with Crippen molar-refractivity contribution in [3.63, 3.8) is 0 Å². The van der Waals surface area contributed by atoms with Crippen LogP contribution in [0.2, 0.25) is 0 Å². The van der Waals surface area contributed by atoms with Crippen LogP contribution in [-0.4, -0.2) is 29.3 Å². The molecule has 1 aliphatic rings. The molecule has 1 aliphatic heterocycles. The Labute approximate surface area is 110 Å². The van der Waals surface area contributed by atoms with Crippen LogP contribution in [0, 0.1) is 0 Å². The number of carbonyl (C=O) groups is 2. The summed E-state index contributed by atoms with van der Waals surface area (Å²) >= 11 is 0. The van der Waals surface area contributed by atoms with Gasteiger partial charge in [-0.3, -0.25) is 4.79 Å². The minimum Gasteiger partial charge on any atom is -0.494 e. The molecule has 1 aromatic carbocycles. The van der Waals surface area contributed by atoms with E-state index in [4.69, 9.17) is 9.84 Å². The molecular formula is C13H14N2O4. The summed E-state index contributed by atoms with van der Waals surface area (Å²) in [5.74, 6) is -0.615. The molecule has 0 unspecified atom stereocenters. The van der Waals surface area contributed by atoms with Crippen molar-refractivity contribution in [2.45, 2.75) is 19.8 Å². The van der Waals surface area contributed by atoms with Gasteiger partial charge in [-0.25, -0.2) is 9.80 Å². The first-order chi connectivity index (χ1) is 9.11. The molecule has 0 aliphatic carbocycles. The van der Waals surface area contributed by atoms with E-state index in [1.807, 2.05) is 6.92 Å². The van der Waals surface area contributed by atoms with Crippen molar-refractivity contribution < 1.29 is 19.4 Å². The van der Waals surface area contributed by atoms with Gasteiger partial charge in [0, 0.05) is 12.8 Å². The minimum absolute atomic E-state index is 0.00603. The molecule has 6 heteroatoms. The van der Waals surface area contributed by atoms with Gasteiger partial charge in [-0.2, -0.15) is 5.10 Å². The molecule has 1 N–H and O–H groups in total. The van der Waals surface area contributed by atoms with Gasteiger partial charge >= 0.3 is 5.97 Å². The number of amides is 1. The van der Waals surface area contributed by atoms with Crippen LogP contribution < -0.4 is 9.75 Å². The summed E-state index contributed by atoms with van der Waals surface area (Å²) in [7, 11) is 0. The third-order valence-corrected chi connectivity index (χ3v) is 2.67. The summed E-state index contributed by atoms with van der Waals surface area (Å²) in [4.78, 5) is 22.7. The van der Waals surface area contributed by atoms with Crippen LogP contribution >= 0.6 is 0 Å². The molecule has 100 valence electrons. The average Bonchev–Trinajstić information content (AvgIpc) is 2.40. The van der Waals surface area contributed by atoms with Gasteiger partial charge in [0.15, 0.2) is 0 Å². The van der Waals surface area contributed by atoms with Gasteiger partial charge in [0.1, 0.15) is 11.5 Å². The summed E-state index contributed by atoms with van der Waals surface area (Å²) in [6.07, 6.45) is 0.319. The number of hydrazone groups is 1. The Morgan fingerprint density at radius 1 is 1.37 bits per heavy atom. The number of anilines is 1. The first-order valence-corrected chi connectivity index (χ1v) is 5.98. The zero-order valence-electron chi connectivity index (χ0n) is 10.5. The Balaban J connectivity index is 2.26. The molecule has 1 amide bonds. The predicted molar refractivity (Wildman–Crippen MR) is 69.4 cm³/mol. The fourth-order valence-electron chi connectivity index (χ4n) is 1.76. The van der Waals surface area contributed by atoms with Gasteiger partial charge in [0.2, 0.25) is 5.91 Å². The number of rotatable bonds is 4. The van der Waals surface area contributed by atoms with E-state index in [1.165, 1.54) is 0 Å². The molecule has 0 saturated carbocycles. The standard InChI is InChI=1S/C13H14N2O4/c1-2-19-10-5-3-9(4-6-10)15-12(16)8-7-11(14-15)13(17)18/h3-6H,2,7-8H2,1H3,(H,17,18). The van der Waals surface area contributed by atoms with Crippen molar-refractivity contribution in [1.29, 1.82) is 0 Å². The highest BCUT2D eigenvalue weighted by molar-refractivity contribution is 6.37. The molecule has 1 heterocycles. The van der Waals surface area contributed by atoms with Crippen molar-refractivity contribution in [3.8, 4) is 5.75 Å². The SMILES string of the molecule is CCOc1ccc(N2N=C(C(=O)O)CCC2=O)cc1. The number of nitrogens with zero attached hydrogens (tertiary/aromatic N) is 2. The highest BCUT2D eigenvalue weighted by atomic mass is 16.5. The maximum Gasteiger partial charge on any atom is 0.352 e. The number of carbonyl (C=O) groups excluding carboxylic acids is 1. The van der Waals surface area contributed by atoms with E-state index in [0.29, 0.717) is 18.0 Å². The van der Waals surface area contributed by atoms with Gasteiger partial charge in [-0.05, 0) is 31.2 Å². The van der Waals surface area contributed by atoms with E-state index in [9.17, 15) is 9.59 Å². The molecule has 6 nitrogen and oxygen atoms in total. The Hall–Kier alpha value is -2.37. The molecular weight excluding hydrogens is 248 g/mol. The zero-order valence-corrected chi connectivity index (χ0v) is 10.5. The number of hydrogen-bond donors (Lipinski definition) is 1.